The predicted octanol–water partition coefficient (Wildman–Crippen LogP) is 2.57. The summed E-state index contributed by atoms with van der Waals surface area (Å²) in [5, 5.41) is 0. The van der Waals surface area contributed by atoms with Crippen molar-refractivity contribution in [3.05, 3.63) is 59.4 Å². The molecular weight excluding hydrogens is 322 g/mol. The van der Waals surface area contributed by atoms with Crippen LogP contribution in [0.5, 0.6) is 17.2 Å². The molecule has 0 radical (unpaired) electrons. The number of hydrogen-bond acceptors (Lipinski definition) is 5. The molecule has 1 heterocycles. The molecule has 1 amide bonds. The molecule has 0 bridgehead atoms. The van der Waals surface area contributed by atoms with Gasteiger partial charge in [-0.2, -0.15) is 0 Å². The highest BCUT2D eigenvalue weighted by Crippen LogP contribution is 2.35. The van der Waals surface area contributed by atoms with Gasteiger partial charge < -0.3 is 19.9 Å². The lowest BCUT2D eigenvalue weighted by molar-refractivity contribution is -0.119. The van der Waals surface area contributed by atoms with Gasteiger partial charge in [-0.15, -0.1) is 0 Å². The van der Waals surface area contributed by atoms with E-state index in [0.29, 0.717) is 29.4 Å². The topological polar surface area (TPSA) is 87.8 Å². The molecule has 0 aromatic heterocycles. The molecule has 3 rings (SSSR count). The smallest absolute Gasteiger partial charge is 0.255 e. The van der Waals surface area contributed by atoms with Crippen LogP contribution >= 0.6 is 0 Å². The Kier molecular flexibility index (Phi) is 4.70. The molecule has 1 aliphatic rings. The summed E-state index contributed by atoms with van der Waals surface area (Å²) in [5.41, 5.74) is 6.24. The summed E-state index contributed by atoms with van der Waals surface area (Å²) in [4.78, 5) is 23.3. The first-order valence-electron chi connectivity index (χ1n) is 7.79. The average molecular weight is 339 g/mol. The van der Waals surface area contributed by atoms with Crippen molar-refractivity contribution in [3.63, 3.8) is 0 Å². The van der Waals surface area contributed by atoms with Crippen LogP contribution < -0.4 is 19.9 Å². The number of ether oxygens (including phenoxy) is 3. The molecule has 0 spiro atoms. The number of amides is 1. The van der Waals surface area contributed by atoms with E-state index in [1.807, 2.05) is 31.2 Å². The highest BCUT2D eigenvalue weighted by Gasteiger charge is 2.28. The molecule has 6 nitrogen and oxygen atoms in total. The van der Waals surface area contributed by atoms with Gasteiger partial charge in [0.15, 0.2) is 12.4 Å². The monoisotopic (exact) mass is 339 g/mol. The molecule has 2 N–H and O–H groups in total. The van der Waals surface area contributed by atoms with E-state index in [-0.39, 0.29) is 18.1 Å². The Balaban J connectivity index is 1.86. The second kappa shape index (κ2) is 7.09. The fourth-order valence-electron chi connectivity index (χ4n) is 2.44. The van der Waals surface area contributed by atoms with E-state index in [0.717, 1.165) is 5.56 Å². The van der Waals surface area contributed by atoms with E-state index in [1.54, 1.807) is 24.3 Å². The minimum Gasteiger partial charge on any atom is -0.493 e. The zero-order chi connectivity index (χ0) is 17.8. The number of allylic oxidation sites excluding steroid dienone is 1. The molecule has 25 heavy (non-hydrogen) atoms. The first kappa shape index (κ1) is 16.6. The van der Waals surface area contributed by atoms with Crippen LogP contribution in [0.15, 0.2) is 48.2 Å². The van der Waals surface area contributed by atoms with Crippen LogP contribution in [0.4, 0.5) is 0 Å². The zero-order valence-electron chi connectivity index (χ0n) is 13.7. The lowest BCUT2D eigenvalue weighted by Crippen LogP contribution is -2.19. The first-order valence-corrected chi connectivity index (χ1v) is 7.79. The Morgan fingerprint density at radius 3 is 2.76 bits per heavy atom. The van der Waals surface area contributed by atoms with E-state index in [9.17, 15) is 9.59 Å². The lowest BCUT2D eigenvalue weighted by atomic mass is 10.1. The third kappa shape index (κ3) is 3.63. The van der Waals surface area contributed by atoms with Gasteiger partial charge in [0.25, 0.3) is 5.91 Å². The number of hydrogen-bond donors (Lipinski definition) is 1. The number of nitrogens with two attached hydrogens (primary N) is 1. The van der Waals surface area contributed by atoms with E-state index >= 15 is 0 Å². The first-order chi connectivity index (χ1) is 12.1. The van der Waals surface area contributed by atoms with Gasteiger partial charge in [-0.25, -0.2) is 0 Å². The largest absolute Gasteiger partial charge is 0.493 e. The van der Waals surface area contributed by atoms with E-state index in [2.05, 4.69) is 0 Å². The third-order valence-corrected chi connectivity index (χ3v) is 3.53. The third-order valence-electron chi connectivity index (χ3n) is 3.53. The summed E-state index contributed by atoms with van der Waals surface area (Å²) in [6.07, 6.45) is 1.65. The molecule has 0 fully saturated rings. The van der Waals surface area contributed by atoms with E-state index in [1.165, 1.54) is 0 Å². The number of primary amides is 1. The predicted molar refractivity (Wildman–Crippen MR) is 91.7 cm³/mol. The number of ketones is 1. The van der Waals surface area contributed by atoms with Gasteiger partial charge in [0.2, 0.25) is 5.78 Å². The summed E-state index contributed by atoms with van der Waals surface area (Å²) in [6, 6.07) is 12.2. The van der Waals surface area contributed by atoms with Crippen molar-refractivity contribution >= 4 is 17.8 Å². The summed E-state index contributed by atoms with van der Waals surface area (Å²) in [6.45, 7) is 2.18. The van der Waals surface area contributed by atoms with Crippen LogP contribution in [0.3, 0.4) is 0 Å². The molecule has 0 unspecified atom stereocenters. The minimum atomic E-state index is -0.578. The summed E-state index contributed by atoms with van der Waals surface area (Å²) in [5.74, 6) is 0.867. The second-order valence-corrected chi connectivity index (χ2v) is 5.32. The summed E-state index contributed by atoms with van der Waals surface area (Å²) < 4.78 is 16.4. The summed E-state index contributed by atoms with van der Waals surface area (Å²) >= 11 is 0. The van der Waals surface area contributed by atoms with Gasteiger partial charge in [-0.1, -0.05) is 18.2 Å². The average Bonchev–Trinajstić information content (AvgIpc) is 2.90. The Hall–Kier alpha value is -3.28. The lowest BCUT2D eigenvalue weighted by Gasteiger charge is -2.07. The number of benzene rings is 2. The number of rotatable bonds is 6. The Morgan fingerprint density at radius 2 is 2.00 bits per heavy atom. The molecule has 0 atom stereocenters. The summed E-state index contributed by atoms with van der Waals surface area (Å²) in [7, 11) is 0. The molecule has 1 aliphatic heterocycles. The molecule has 0 saturated carbocycles. The van der Waals surface area contributed by atoms with Crippen LogP contribution in [0.2, 0.25) is 0 Å². The van der Waals surface area contributed by atoms with Gasteiger partial charge in [0.05, 0.1) is 12.2 Å². The SMILES string of the molecule is CCOc1ccccc1C=C1Oc2cc(OCC(N)=O)ccc2C1=O. The maximum atomic E-state index is 12.5. The zero-order valence-corrected chi connectivity index (χ0v) is 13.7. The van der Waals surface area contributed by atoms with E-state index < -0.39 is 5.91 Å². The number of carbonyl (C=O) groups excluding carboxylic acids is 2. The fourth-order valence-corrected chi connectivity index (χ4v) is 2.44. The molecule has 6 heteroatoms. The Morgan fingerprint density at radius 1 is 1.20 bits per heavy atom. The number of Topliss-reactive ketones (excluding diaryl/α,β-unsaturated/α-hetero) is 1. The molecule has 128 valence electrons. The van der Waals surface area contributed by atoms with Gasteiger partial charge in [0.1, 0.15) is 17.2 Å². The van der Waals surface area contributed by atoms with Gasteiger partial charge >= 0.3 is 0 Å². The van der Waals surface area contributed by atoms with Gasteiger partial charge in [0, 0.05) is 11.6 Å². The van der Waals surface area contributed by atoms with Crippen LogP contribution in [-0.2, 0) is 4.79 Å². The van der Waals surface area contributed by atoms with Crippen LogP contribution in [0.1, 0.15) is 22.8 Å². The van der Waals surface area contributed by atoms with Crippen molar-refractivity contribution in [2.45, 2.75) is 6.92 Å². The molecule has 0 aliphatic carbocycles. The molecule has 0 saturated heterocycles. The van der Waals surface area contributed by atoms with Crippen molar-refractivity contribution < 1.29 is 23.8 Å². The highest BCUT2D eigenvalue weighted by molar-refractivity contribution is 6.14. The van der Waals surface area contributed by atoms with Crippen LogP contribution in [-0.4, -0.2) is 24.9 Å². The number of fused-ring (bicyclic) bond motifs is 1. The fraction of sp³-hybridized carbons (Fsp3) is 0.158. The van der Waals surface area contributed by atoms with Crippen LogP contribution in [0, 0.1) is 0 Å². The maximum Gasteiger partial charge on any atom is 0.255 e. The van der Waals surface area contributed by atoms with Gasteiger partial charge in [-0.3, -0.25) is 9.59 Å². The Bertz CT molecular complexity index is 857. The highest BCUT2D eigenvalue weighted by atomic mass is 16.5. The van der Waals surface area contributed by atoms with Crippen LogP contribution in [0.25, 0.3) is 6.08 Å². The van der Waals surface area contributed by atoms with Crippen molar-refractivity contribution in [2.75, 3.05) is 13.2 Å². The maximum absolute atomic E-state index is 12.5. The quantitative estimate of drug-likeness (QED) is 0.817. The molecular formula is C19H17NO5. The van der Waals surface area contributed by atoms with Crippen molar-refractivity contribution in [3.8, 4) is 17.2 Å². The minimum absolute atomic E-state index is 0.203. The van der Waals surface area contributed by atoms with Crippen molar-refractivity contribution in [2.24, 2.45) is 5.73 Å². The van der Waals surface area contributed by atoms with E-state index in [4.69, 9.17) is 19.9 Å². The molecule has 2 aromatic rings. The number of para-hydroxylation sites is 1. The van der Waals surface area contributed by atoms with Crippen molar-refractivity contribution in [1.29, 1.82) is 0 Å². The van der Waals surface area contributed by atoms with Crippen molar-refractivity contribution in [1.82, 2.24) is 0 Å². The normalized spacial score (nSPS) is 14.1. The standard InChI is InChI=1S/C19H17NO5/c1-2-23-15-6-4-3-5-12(15)9-17-19(22)14-8-7-13(10-16(14)25-17)24-11-18(20)21/h3-10H,2,11H2,1H3,(H2,20,21). The number of carbonyl (C=O) groups is 2. The second-order valence-electron chi connectivity index (χ2n) is 5.32. The molecule has 2 aromatic carbocycles. The Labute approximate surface area is 144 Å². The van der Waals surface area contributed by atoms with Gasteiger partial charge in [-0.05, 0) is 31.2 Å².